The quantitative estimate of drug-likeness (QED) is 0.738. The van der Waals surface area contributed by atoms with Gasteiger partial charge in [0.2, 0.25) is 0 Å². The van der Waals surface area contributed by atoms with Crippen molar-refractivity contribution >= 4 is 28.8 Å². The number of nitrogens with zero attached hydrogens (tertiary/aromatic N) is 2. The maximum absolute atomic E-state index is 12.2. The minimum absolute atomic E-state index is 0.241. The Bertz CT molecular complexity index is 696. The molecule has 3 rings (SSSR count). The number of aromatic nitrogens is 1. The number of pyridine rings is 1. The first-order chi connectivity index (χ1) is 11.1. The molecule has 1 aliphatic rings. The molecule has 2 aromatic rings. The fourth-order valence-corrected chi connectivity index (χ4v) is 2.36. The van der Waals surface area contributed by atoms with Crippen LogP contribution in [-0.4, -0.2) is 37.2 Å². The molecule has 5 N–H and O–H groups in total. The minimum Gasteiger partial charge on any atom is -0.397 e. The number of nitrogens with two attached hydrogens (primary N) is 2. The number of hydrogen-bond donors (Lipinski definition) is 3. The van der Waals surface area contributed by atoms with Crippen LogP contribution >= 0.6 is 0 Å². The van der Waals surface area contributed by atoms with Crippen LogP contribution in [0.5, 0.6) is 0 Å². The van der Waals surface area contributed by atoms with E-state index >= 15 is 0 Å². The van der Waals surface area contributed by atoms with Crippen LogP contribution in [0.25, 0.3) is 0 Å². The van der Waals surface area contributed by atoms with E-state index in [-0.39, 0.29) is 5.91 Å². The second-order valence-corrected chi connectivity index (χ2v) is 5.30. The number of hydrogen-bond acceptors (Lipinski definition) is 6. The molecule has 0 saturated carbocycles. The lowest BCUT2D eigenvalue weighted by Crippen LogP contribution is -2.36. The smallest absolute Gasteiger partial charge is 0.257 e. The van der Waals surface area contributed by atoms with Gasteiger partial charge in [0.15, 0.2) is 0 Å². The summed E-state index contributed by atoms with van der Waals surface area (Å²) < 4.78 is 5.31. The highest BCUT2D eigenvalue weighted by Crippen LogP contribution is 2.20. The molecule has 23 heavy (non-hydrogen) atoms. The van der Waals surface area contributed by atoms with Gasteiger partial charge in [-0.15, -0.1) is 0 Å². The molecular formula is C16H19N5O2. The van der Waals surface area contributed by atoms with Crippen LogP contribution in [0.15, 0.2) is 36.5 Å². The number of carbonyl (C=O) groups is 1. The molecule has 1 aromatic heterocycles. The van der Waals surface area contributed by atoms with Crippen molar-refractivity contribution in [2.75, 3.05) is 48.0 Å². The van der Waals surface area contributed by atoms with Crippen LogP contribution in [0.1, 0.15) is 10.4 Å². The van der Waals surface area contributed by atoms with Crippen molar-refractivity contribution in [3.8, 4) is 0 Å². The van der Waals surface area contributed by atoms with E-state index in [1.165, 1.54) is 0 Å². The molecule has 0 radical (unpaired) electrons. The Kier molecular flexibility index (Phi) is 4.29. The van der Waals surface area contributed by atoms with Gasteiger partial charge in [-0.3, -0.25) is 4.79 Å². The largest absolute Gasteiger partial charge is 0.397 e. The van der Waals surface area contributed by atoms with E-state index < -0.39 is 0 Å². The number of rotatable bonds is 3. The standard InChI is InChI=1S/C16H19N5O2/c17-13-3-2-12(9-14(13)18)20-16(22)11-1-4-15(19-10-11)21-5-7-23-8-6-21/h1-4,9-10H,5-8,17-18H2,(H,20,22). The molecule has 0 aliphatic carbocycles. The summed E-state index contributed by atoms with van der Waals surface area (Å²) in [6.07, 6.45) is 1.57. The SMILES string of the molecule is Nc1ccc(NC(=O)c2ccc(N3CCOCC3)nc2)cc1N. The molecule has 1 aliphatic heterocycles. The molecule has 0 spiro atoms. The lowest BCUT2D eigenvalue weighted by atomic mass is 10.2. The summed E-state index contributed by atoms with van der Waals surface area (Å²) in [6, 6.07) is 8.60. The predicted molar refractivity (Wildman–Crippen MR) is 90.5 cm³/mol. The number of nitrogen functional groups attached to an aromatic ring is 2. The van der Waals surface area contributed by atoms with Crippen molar-refractivity contribution in [1.29, 1.82) is 0 Å². The van der Waals surface area contributed by atoms with E-state index in [9.17, 15) is 4.79 Å². The van der Waals surface area contributed by atoms with Crippen molar-refractivity contribution in [2.24, 2.45) is 0 Å². The maximum Gasteiger partial charge on any atom is 0.257 e. The van der Waals surface area contributed by atoms with Gasteiger partial charge in [-0.2, -0.15) is 0 Å². The van der Waals surface area contributed by atoms with E-state index in [4.69, 9.17) is 16.2 Å². The van der Waals surface area contributed by atoms with Gasteiger partial charge in [-0.05, 0) is 30.3 Å². The lowest BCUT2D eigenvalue weighted by Gasteiger charge is -2.27. The second-order valence-electron chi connectivity index (χ2n) is 5.30. The molecule has 0 unspecified atom stereocenters. The molecule has 0 bridgehead atoms. The van der Waals surface area contributed by atoms with Crippen LogP contribution < -0.4 is 21.7 Å². The van der Waals surface area contributed by atoms with Crippen molar-refractivity contribution < 1.29 is 9.53 Å². The summed E-state index contributed by atoms with van der Waals surface area (Å²) >= 11 is 0. The average Bonchev–Trinajstić information content (AvgIpc) is 2.59. The summed E-state index contributed by atoms with van der Waals surface area (Å²) in [4.78, 5) is 18.7. The number of morpholine rings is 1. The average molecular weight is 313 g/mol. The molecule has 2 heterocycles. The first-order valence-electron chi connectivity index (χ1n) is 7.38. The van der Waals surface area contributed by atoms with Crippen LogP contribution in [-0.2, 0) is 4.74 Å². The first kappa shape index (κ1) is 15.1. The topological polar surface area (TPSA) is 106 Å². The zero-order valence-electron chi connectivity index (χ0n) is 12.7. The van der Waals surface area contributed by atoms with Crippen molar-refractivity contribution in [3.63, 3.8) is 0 Å². The highest BCUT2D eigenvalue weighted by atomic mass is 16.5. The summed E-state index contributed by atoms with van der Waals surface area (Å²) in [7, 11) is 0. The molecule has 1 saturated heterocycles. The van der Waals surface area contributed by atoms with Gasteiger partial charge in [0, 0.05) is 25.0 Å². The predicted octanol–water partition coefficient (Wildman–Crippen LogP) is 1.33. The fourth-order valence-electron chi connectivity index (χ4n) is 2.36. The zero-order chi connectivity index (χ0) is 16.2. The molecule has 1 aromatic carbocycles. The summed E-state index contributed by atoms with van der Waals surface area (Å²) in [5.41, 5.74) is 13.4. The molecule has 120 valence electrons. The van der Waals surface area contributed by atoms with Crippen LogP contribution in [0.2, 0.25) is 0 Å². The normalized spacial score (nSPS) is 14.5. The van der Waals surface area contributed by atoms with Gasteiger partial charge < -0.3 is 26.4 Å². The molecular weight excluding hydrogens is 294 g/mol. The van der Waals surface area contributed by atoms with Crippen LogP contribution in [0, 0.1) is 0 Å². The Balaban J connectivity index is 1.68. The minimum atomic E-state index is -0.241. The van der Waals surface area contributed by atoms with E-state index in [1.54, 1.807) is 30.5 Å². The van der Waals surface area contributed by atoms with E-state index in [1.807, 2.05) is 6.07 Å². The van der Waals surface area contributed by atoms with Crippen molar-refractivity contribution in [1.82, 2.24) is 4.98 Å². The Morgan fingerprint density at radius 3 is 2.57 bits per heavy atom. The zero-order valence-corrected chi connectivity index (χ0v) is 12.7. The maximum atomic E-state index is 12.2. The first-order valence-corrected chi connectivity index (χ1v) is 7.38. The Hall–Kier alpha value is -2.80. The molecule has 7 heteroatoms. The van der Waals surface area contributed by atoms with Crippen LogP contribution in [0.4, 0.5) is 22.9 Å². The highest BCUT2D eigenvalue weighted by molar-refractivity contribution is 6.04. The van der Waals surface area contributed by atoms with E-state index in [2.05, 4.69) is 15.2 Å². The second kappa shape index (κ2) is 6.53. The molecule has 0 atom stereocenters. The number of benzene rings is 1. The van der Waals surface area contributed by atoms with Crippen molar-refractivity contribution in [3.05, 3.63) is 42.1 Å². The van der Waals surface area contributed by atoms with Crippen molar-refractivity contribution in [2.45, 2.75) is 0 Å². The third kappa shape index (κ3) is 3.51. The number of anilines is 4. The Morgan fingerprint density at radius 2 is 1.91 bits per heavy atom. The summed E-state index contributed by atoms with van der Waals surface area (Å²) in [6.45, 7) is 3.01. The van der Waals surface area contributed by atoms with Gasteiger partial charge in [0.05, 0.1) is 30.2 Å². The number of nitrogens with one attached hydrogen (secondary N) is 1. The van der Waals surface area contributed by atoms with Gasteiger partial charge in [0.25, 0.3) is 5.91 Å². The Morgan fingerprint density at radius 1 is 1.13 bits per heavy atom. The lowest BCUT2D eigenvalue weighted by molar-refractivity contribution is 0.102. The van der Waals surface area contributed by atoms with Gasteiger partial charge in [-0.25, -0.2) is 4.98 Å². The third-order valence-electron chi connectivity index (χ3n) is 3.69. The van der Waals surface area contributed by atoms with Gasteiger partial charge >= 0.3 is 0 Å². The van der Waals surface area contributed by atoms with Gasteiger partial charge in [-0.1, -0.05) is 0 Å². The highest BCUT2D eigenvalue weighted by Gasteiger charge is 2.13. The Labute approximate surface area is 134 Å². The van der Waals surface area contributed by atoms with E-state index in [0.717, 1.165) is 18.9 Å². The monoisotopic (exact) mass is 313 g/mol. The fraction of sp³-hybridized carbons (Fsp3) is 0.250. The molecule has 1 amide bonds. The summed E-state index contributed by atoms with van der Waals surface area (Å²) in [5.74, 6) is 0.608. The number of ether oxygens (including phenoxy) is 1. The van der Waals surface area contributed by atoms with Crippen LogP contribution in [0.3, 0.4) is 0 Å². The molecule has 1 fully saturated rings. The summed E-state index contributed by atoms with van der Waals surface area (Å²) in [5, 5.41) is 2.78. The number of carbonyl (C=O) groups excluding carboxylic acids is 1. The van der Waals surface area contributed by atoms with E-state index in [0.29, 0.717) is 35.8 Å². The van der Waals surface area contributed by atoms with Gasteiger partial charge in [0.1, 0.15) is 5.82 Å². The third-order valence-corrected chi connectivity index (χ3v) is 3.69. The molecule has 7 nitrogen and oxygen atoms in total. The number of amides is 1.